The molecule has 2 aromatic carbocycles. The van der Waals surface area contributed by atoms with Crippen LogP contribution in [0.15, 0.2) is 42.5 Å². The SMILES string of the molecule is Cc1ccc(OCCCOc2ccc(Cl)cc2)cc1N. The van der Waals surface area contributed by atoms with E-state index in [1.807, 2.05) is 49.4 Å². The lowest BCUT2D eigenvalue weighted by atomic mass is 10.2. The number of nitrogen functional groups attached to an aromatic ring is 1. The third-order valence-electron chi connectivity index (χ3n) is 2.89. The van der Waals surface area contributed by atoms with Crippen molar-refractivity contribution < 1.29 is 9.47 Å². The van der Waals surface area contributed by atoms with E-state index in [4.69, 9.17) is 26.8 Å². The number of rotatable bonds is 6. The molecule has 0 aromatic heterocycles. The Morgan fingerprint density at radius 2 is 1.55 bits per heavy atom. The largest absolute Gasteiger partial charge is 0.493 e. The van der Waals surface area contributed by atoms with Crippen molar-refractivity contribution in [3.05, 3.63) is 53.1 Å². The van der Waals surface area contributed by atoms with Gasteiger partial charge in [0, 0.05) is 23.2 Å². The second-order valence-corrected chi connectivity index (χ2v) is 4.96. The van der Waals surface area contributed by atoms with Crippen molar-refractivity contribution in [3.63, 3.8) is 0 Å². The van der Waals surface area contributed by atoms with Gasteiger partial charge >= 0.3 is 0 Å². The van der Waals surface area contributed by atoms with Gasteiger partial charge in [-0.1, -0.05) is 17.7 Å². The molecule has 2 rings (SSSR count). The number of nitrogens with two attached hydrogens (primary N) is 1. The van der Waals surface area contributed by atoms with Crippen LogP contribution in [0.2, 0.25) is 5.02 Å². The average Bonchev–Trinajstić information content (AvgIpc) is 2.44. The highest BCUT2D eigenvalue weighted by molar-refractivity contribution is 6.30. The van der Waals surface area contributed by atoms with Crippen LogP contribution in [-0.4, -0.2) is 13.2 Å². The van der Waals surface area contributed by atoms with Crippen molar-refractivity contribution in [2.45, 2.75) is 13.3 Å². The number of hydrogen-bond acceptors (Lipinski definition) is 3. The molecule has 3 nitrogen and oxygen atoms in total. The van der Waals surface area contributed by atoms with Gasteiger partial charge in [0.1, 0.15) is 11.5 Å². The first-order valence-corrected chi connectivity index (χ1v) is 6.90. The van der Waals surface area contributed by atoms with Crippen LogP contribution in [0.1, 0.15) is 12.0 Å². The standard InChI is InChI=1S/C16H18ClNO2/c1-12-3-6-15(11-16(12)18)20-10-2-9-19-14-7-4-13(17)5-8-14/h3-8,11H,2,9-10,18H2,1H3. The Morgan fingerprint density at radius 1 is 0.950 bits per heavy atom. The topological polar surface area (TPSA) is 44.5 Å². The summed E-state index contributed by atoms with van der Waals surface area (Å²) in [6, 6.07) is 13.0. The smallest absolute Gasteiger partial charge is 0.121 e. The molecule has 0 aliphatic heterocycles. The van der Waals surface area contributed by atoms with Gasteiger partial charge in [-0.25, -0.2) is 0 Å². The minimum Gasteiger partial charge on any atom is -0.493 e. The second kappa shape index (κ2) is 7.06. The minimum atomic E-state index is 0.593. The van der Waals surface area contributed by atoms with Crippen LogP contribution in [0.4, 0.5) is 5.69 Å². The van der Waals surface area contributed by atoms with Gasteiger partial charge in [-0.3, -0.25) is 0 Å². The fourth-order valence-electron chi connectivity index (χ4n) is 1.68. The summed E-state index contributed by atoms with van der Waals surface area (Å²) in [5, 5.41) is 0.706. The number of aryl methyl sites for hydroxylation is 1. The monoisotopic (exact) mass is 291 g/mol. The Labute approximate surface area is 124 Å². The second-order valence-electron chi connectivity index (χ2n) is 4.52. The molecule has 0 unspecified atom stereocenters. The maximum Gasteiger partial charge on any atom is 0.121 e. The van der Waals surface area contributed by atoms with E-state index in [0.29, 0.717) is 18.2 Å². The van der Waals surface area contributed by atoms with Crippen LogP contribution in [0.3, 0.4) is 0 Å². The molecule has 0 aliphatic carbocycles. The van der Waals surface area contributed by atoms with E-state index in [-0.39, 0.29) is 0 Å². The van der Waals surface area contributed by atoms with E-state index in [1.54, 1.807) is 0 Å². The highest BCUT2D eigenvalue weighted by Crippen LogP contribution is 2.19. The van der Waals surface area contributed by atoms with Crippen molar-refractivity contribution in [2.75, 3.05) is 18.9 Å². The molecular formula is C16H18ClNO2. The molecule has 0 amide bonds. The Kier molecular flexibility index (Phi) is 5.13. The Hall–Kier alpha value is -1.87. The third-order valence-corrected chi connectivity index (χ3v) is 3.14. The van der Waals surface area contributed by atoms with Crippen LogP contribution >= 0.6 is 11.6 Å². The van der Waals surface area contributed by atoms with Gasteiger partial charge < -0.3 is 15.2 Å². The highest BCUT2D eigenvalue weighted by Gasteiger charge is 1.98. The molecule has 0 spiro atoms. The third kappa shape index (κ3) is 4.35. The summed E-state index contributed by atoms with van der Waals surface area (Å²) in [6.07, 6.45) is 0.802. The summed E-state index contributed by atoms with van der Waals surface area (Å²) in [4.78, 5) is 0. The van der Waals surface area contributed by atoms with E-state index in [1.165, 1.54) is 0 Å². The zero-order chi connectivity index (χ0) is 14.4. The quantitative estimate of drug-likeness (QED) is 0.644. The van der Waals surface area contributed by atoms with Crippen LogP contribution in [-0.2, 0) is 0 Å². The summed E-state index contributed by atoms with van der Waals surface area (Å²) in [5.74, 6) is 1.61. The lowest BCUT2D eigenvalue weighted by molar-refractivity contribution is 0.247. The summed E-state index contributed by atoms with van der Waals surface area (Å²) in [7, 11) is 0. The average molecular weight is 292 g/mol. The van der Waals surface area contributed by atoms with Crippen LogP contribution in [0, 0.1) is 6.92 Å². The fraction of sp³-hybridized carbons (Fsp3) is 0.250. The van der Waals surface area contributed by atoms with Crippen molar-refractivity contribution in [3.8, 4) is 11.5 Å². The van der Waals surface area contributed by atoms with Crippen LogP contribution in [0.25, 0.3) is 0 Å². The molecule has 0 fully saturated rings. The maximum atomic E-state index is 5.82. The first-order chi connectivity index (χ1) is 9.65. The van der Waals surface area contributed by atoms with Gasteiger partial charge in [-0.15, -0.1) is 0 Å². The van der Waals surface area contributed by atoms with Crippen LogP contribution in [0.5, 0.6) is 11.5 Å². The molecule has 0 saturated heterocycles. The lowest BCUT2D eigenvalue weighted by Crippen LogP contribution is -2.05. The normalized spacial score (nSPS) is 10.3. The molecular weight excluding hydrogens is 274 g/mol. The number of anilines is 1. The van der Waals surface area contributed by atoms with E-state index >= 15 is 0 Å². The lowest BCUT2D eigenvalue weighted by Gasteiger charge is -2.09. The molecule has 0 aliphatic rings. The molecule has 2 aromatic rings. The van der Waals surface area contributed by atoms with E-state index < -0.39 is 0 Å². The maximum absolute atomic E-state index is 5.82. The zero-order valence-corrected chi connectivity index (χ0v) is 12.2. The Morgan fingerprint density at radius 3 is 2.20 bits per heavy atom. The summed E-state index contributed by atoms with van der Waals surface area (Å²) >= 11 is 5.80. The van der Waals surface area contributed by atoms with Gasteiger partial charge in [-0.2, -0.15) is 0 Å². The molecule has 0 heterocycles. The van der Waals surface area contributed by atoms with E-state index in [9.17, 15) is 0 Å². The molecule has 20 heavy (non-hydrogen) atoms. The van der Waals surface area contributed by atoms with Crippen LogP contribution < -0.4 is 15.2 Å². The minimum absolute atomic E-state index is 0.593. The molecule has 0 saturated carbocycles. The van der Waals surface area contributed by atoms with Gasteiger partial charge in [0.2, 0.25) is 0 Å². The summed E-state index contributed by atoms with van der Waals surface area (Å²) in [6.45, 7) is 3.16. The molecule has 0 radical (unpaired) electrons. The molecule has 2 N–H and O–H groups in total. The molecule has 4 heteroatoms. The van der Waals surface area contributed by atoms with Crippen molar-refractivity contribution in [2.24, 2.45) is 0 Å². The van der Waals surface area contributed by atoms with Gasteiger partial charge in [0.05, 0.1) is 13.2 Å². The van der Waals surface area contributed by atoms with Gasteiger partial charge in [0.15, 0.2) is 0 Å². The van der Waals surface area contributed by atoms with E-state index in [2.05, 4.69) is 0 Å². The first-order valence-electron chi connectivity index (χ1n) is 6.52. The van der Waals surface area contributed by atoms with E-state index in [0.717, 1.165) is 29.2 Å². The highest BCUT2D eigenvalue weighted by atomic mass is 35.5. The van der Waals surface area contributed by atoms with Gasteiger partial charge in [0.25, 0.3) is 0 Å². The van der Waals surface area contributed by atoms with Crippen molar-refractivity contribution in [1.82, 2.24) is 0 Å². The Bertz CT molecular complexity index is 555. The first kappa shape index (κ1) is 14.5. The Balaban J connectivity index is 1.68. The fourth-order valence-corrected chi connectivity index (χ4v) is 1.80. The molecule has 106 valence electrons. The van der Waals surface area contributed by atoms with Gasteiger partial charge in [-0.05, 0) is 42.8 Å². The summed E-state index contributed by atoms with van der Waals surface area (Å²) in [5.41, 5.74) is 7.63. The number of ether oxygens (including phenoxy) is 2. The predicted octanol–water partition coefficient (Wildman–Crippen LogP) is 4.08. The molecule has 0 bridgehead atoms. The van der Waals surface area contributed by atoms with Crippen molar-refractivity contribution in [1.29, 1.82) is 0 Å². The number of halogens is 1. The predicted molar refractivity (Wildman–Crippen MR) is 82.7 cm³/mol. The molecule has 0 atom stereocenters. The zero-order valence-electron chi connectivity index (χ0n) is 11.4. The number of hydrogen-bond donors (Lipinski definition) is 1. The summed E-state index contributed by atoms with van der Waals surface area (Å²) < 4.78 is 11.2. The van der Waals surface area contributed by atoms with Crippen molar-refractivity contribution >= 4 is 17.3 Å². The number of benzene rings is 2.